The van der Waals surface area contributed by atoms with Gasteiger partial charge in [-0.2, -0.15) is 0 Å². The Morgan fingerprint density at radius 3 is 2.45 bits per heavy atom. The first kappa shape index (κ1) is 41.2. The van der Waals surface area contributed by atoms with Crippen LogP contribution in [0.3, 0.4) is 0 Å². The number of H-pyrrole nitrogens is 1. The number of hydrogen-bond acceptors (Lipinski definition) is 12. The number of aryl methyl sites for hydroxylation is 1. The third kappa shape index (κ3) is 7.92. The summed E-state index contributed by atoms with van der Waals surface area (Å²) in [6.45, 7) is 10.3. The number of thiazole rings is 1. The number of benzene rings is 2. The van der Waals surface area contributed by atoms with Gasteiger partial charge in [-0.05, 0) is 67.5 Å². The van der Waals surface area contributed by atoms with Gasteiger partial charge in [0.15, 0.2) is 17.2 Å². The zero-order valence-corrected chi connectivity index (χ0v) is 36.0. The van der Waals surface area contributed by atoms with Crippen molar-refractivity contribution in [3.63, 3.8) is 0 Å². The summed E-state index contributed by atoms with van der Waals surface area (Å²) in [5, 5.41) is 38.1. The molecule has 15 nitrogen and oxygen atoms in total. The summed E-state index contributed by atoms with van der Waals surface area (Å²) in [6, 6.07) is 17.7. The summed E-state index contributed by atoms with van der Waals surface area (Å²) in [5.41, 5.74) is 7.76. The molecule has 9 rings (SSSR count). The second-order valence-electron chi connectivity index (χ2n) is 17.3. The van der Waals surface area contributed by atoms with E-state index in [-0.39, 0.29) is 60.2 Å². The van der Waals surface area contributed by atoms with Gasteiger partial charge in [-0.25, -0.2) is 4.98 Å². The molecule has 0 aliphatic carbocycles. The van der Waals surface area contributed by atoms with Crippen molar-refractivity contribution < 1.29 is 29.1 Å². The molecule has 16 heteroatoms. The largest absolute Gasteiger partial charge is 0.507 e. The molecule has 4 aromatic heterocycles. The molecule has 3 amide bonds. The number of amides is 3. The fraction of sp³-hybridized carbons (Fsp3) is 0.413. The van der Waals surface area contributed by atoms with Crippen LogP contribution in [-0.2, 0) is 14.4 Å². The number of hydrogen-bond donors (Lipinski definition) is 4. The van der Waals surface area contributed by atoms with Crippen LogP contribution in [0.1, 0.15) is 80.5 Å². The highest BCUT2D eigenvalue weighted by atomic mass is 32.1. The third-order valence-electron chi connectivity index (χ3n) is 12.8. The molecule has 4 N–H and O–H groups in total. The number of phenols is 1. The number of aromatic nitrogens is 5. The van der Waals surface area contributed by atoms with Gasteiger partial charge in [0.05, 0.1) is 33.9 Å². The van der Waals surface area contributed by atoms with Crippen molar-refractivity contribution in [2.24, 2.45) is 11.8 Å². The first-order chi connectivity index (χ1) is 29.9. The summed E-state index contributed by atoms with van der Waals surface area (Å²) in [5.74, 6) is -0.113. The molecule has 0 saturated carbocycles. The topological polar surface area (TPSA) is 194 Å². The first-order valence-corrected chi connectivity index (χ1v) is 22.2. The van der Waals surface area contributed by atoms with Gasteiger partial charge in [0, 0.05) is 74.2 Å². The number of aliphatic hydroxyl groups is 1. The normalized spacial score (nSPS) is 19.5. The van der Waals surface area contributed by atoms with E-state index in [4.69, 9.17) is 4.52 Å². The zero-order chi connectivity index (χ0) is 43.2. The van der Waals surface area contributed by atoms with Crippen molar-refractivity contribution in [2.75, 3.05) is 37.6 Å². The molecule has 7 heterocycles. The number of nitrogens with one attached hydrogen (secondary N) is 2. The zero-order valence-electron chi connectivity index (χ0n) is 35.2. The summed E-state index contributed by atoms with van der Waals surface area (Å²) in [7, 11) is 0. The molecule has 3 fully saturated rings. The first-order valence-electron chi connectivity index (χ1n) is 21.4. The van der Waals surface area contributed by atoms with E-state index in [1.165, 1.54) is 4.90 Å². The maximum Gasteiger partial charge on any atom is 0.243 e. The van der Waals surface area contributed by atoms with Gasteiger partial charge in [0.2, 0.25) is 17.7 Å². The van der Waals surface area contributed by atoms with Gasteiger partial charge < -0.3 is 39.7 Å². The second kappa shape index (κ2) is 17.0. The monoisotopic (exact) mass is 857 g/mol. The summed E-state index contributed by atoms with van der Waals surface area (Å²) >= 11 is 1.59. The number of nitrogens with zero attached hydrogens (tertiary/aromatic N) is 7. The Kier molecular flexibility index (Phi) is 11.3. The van der Waals surface area contributed by atoms with Crippen LogP contribution in [-0.4, -0.2) is 108 Å². The van der Waals surface area contributed by atoms with Crippen LogP contribution >= 0.6 is 11.3 Å². The predicted molar refractivity (Wildman–Crippen MR) is 234 cm³/mol. The number of phenolic OH excluding ortho intramolecular Hbond substituents is 1. The predicted octanol–water partition coefficient (Wildman–Crippen LogP) is 6.17. The Bertz CT molecular complexity index is 2590. The molecule has 3 aliphatic rings. The van der Waals surface area contributed by atoms with E-state index in [2.05, 4.69) is 35.5 Å². The molecule has 0 bridgehead atoms. The van der Waals surface area contributed by atoms with Crippen LogP contribution in [0.25, 0.3) is 32.7 Å². The molecule has 62 heavy (non-hydrogen) atoms. The number of aromatic amines is 1. The standard InChI is InChI=1S/C46H51N9O6S/c1-25(2)41(46(60)55-23-32(56)17-37(55)44(58)49-26(3)28-9-11-29(12-10-28)42-27(4)48-24-62-42)39-19-40(52-61-39)53-15-13-30(14-16-53)45(59)54-21-31(22-54)35-20-47-43-34(35)18-36(50-51-43)33-7-5-6-8-38(33)57/h5-12,18-20,24-26,30-32,37,41,56-57H,13-17,21-23H2,1-4H3,(H,47,51)(H,49,58)/t26-,32+,37-,41-/m0/s1. The SMILES string of the molecule is Cc1ncsc1-c1ccc([C@H](C)NC(=O)[C@@H]2C[C@@H](O)CN2C(=O)[C@H](c2cc(N3CCC(C(=O)N4CC(c5c[nH]c6nnc(-c7ccccc7O)cc56)C4)CC3)no2)C(C)C)cc1. The smallest absolute Gasteiger partial charge is 0.243 e. The van der Waals surface area contributed by atoms with E-state index in [0.717, 1.165) is 32.6 Å². The lowest BCUT2D eigenvalue weighted by atomic mass is 9.88. The second-order valence-corrected chi connectivity index (χ2v) is 18.1. The Labute approximate surface area is 363 Å². The van der Waals surface area contributed by atoms with E-state index in [9.17, 15) is 24.6 Å². The number of piperidine rings is 1. The van der Waals surface area contributed by atoms with Gasteiger partial charge in [0.25, 0.3) is 0 Å². The lowest BCUT2D eigenvalue weighted by Gasteiger charge is -2.42. The number of β-amino-alcohol motifs (C(OH)–C–C–N with tert-alkyl or cyclic N) is 1. The molecule has 3 saturated heterocycles. The number of aliphatic hydroxyl groups excluding tert-OH is 1. The molecule has 6 aromatic rings. The molecule has 0 radical (unpaired) electrons. The van der Waals surface area contributed by atoms with Crippen LogP contribution in [0.15, 0.2) is 76.9 Å². The number of carbonyl (C=O) groups excluding carboxylic acids is 3. The van der Waals surface area contributed by atoms with E-state index in [1.807, 2.05) is 92.8 Å². The van der Waals surface area contributed by atoms with Crippen molar-refractivity contribution in [3.05, 3.63) is 95.0 Å². The number of fused-ring (bicyclic) bond motifs is 1. The van der Waals surface area contributed by atoms with Crippen LogP contribution in [0, 0.1) is 18.8 Å². The highest BCUT2D eigenvalue weighted by Crippen LogP contribution is 2.38. The maximum atomic E-state index is 14.3. The minimum atomic E-state index is -0.833. The molecule has 4 atom stereocenters. The minimum absolute atomic E-state index is 0.0504. The molecule has 0 spiro atoms. The number of anilines is 1. The number of carbonyl (C=O) groups is 3. The Hall–Kier alpha value is -6.13. The summed E-state index contributed by atoms with van der Waals surface area (Å²) in [4.78, 5) is 55.9. The van der Waals surface area contributed by atoms with Crippen molar-refractivity contribution >= 4 is 45.9 Å². The van der Waals surface area contributed by atoms with Crippen LogP contribution in [0.2, 0.25) is 0 Å². The quantitative estimate of drug-likeness (QED) is 0.116. The molecule has 2 aromatic carbocycles. The Morgan fingerprint density at radius 1 is 0.984 bits per heavy atom. The number of rotatable bonds is 11. The fourth-order valence-electron chi connectivity index (χ4n) is 9.26. The summed E-state index contributed by atoms with van der Waals surface area (Å²) in [6.07, 6.45) is 2.59. The lowest BCUT2D eigenvalue weighted by Crippen LogP contribution is -2.52. The van der Waals surface area contributed by atoms with Gasteiger partial charge in [-0.15, -0.1) is 21.5 Å². The molecule has 0 unspecified atom stereocenters. The Morgan fingerprint density at radius 2 is 1.74 bits per heavy atom. The van der Waals surface area contributed by atoms with E-state index >= 15 is 0 Å². The number of aromatic hydroxyl groups is 1. The molecule has 3 aliphatic heterocycles. The van der Waals surface area contributed by atoms with E-state index in [0.29, 0.717) is 67.5 Å². The van der Waals surface area contributed by atoms with Crippen LogP contribution in [0.4, 0.5) is 5.82 Å². The van der Waals surface area contributed by atoms with Gasteiger partial charge in [-0.1, -0.05) is 55.4 Å². The van der Waals surface area contributed by atoms with Crippen molar-refractivity contribution in [3.8, 4) is 27.4 Å². The van der Waals surface area contributed by atoms with Gasteiger partial charge in [0.1, 0.15) is 17.7 Å². The minimum Gasteiger partial charge on any atom is -0.507 e. The van der Waals surface area contributed by atoms with Crippen LogP contribution < -0.4 is 10.2 Å². The van der Waals surface area contributed by atoms with Gasteiger partial charge in [-0.3, -0.25) is 14.4 Å². The van der Waals surface area contributed by atoms with Gasteiger partial charge >= 0.3 is 0 Å². The third-order valence-corrected chi connectivity index (χ3v) is 13.8. The average Bonchev–Trinajstić information content (AvgIpc) is 4.08. The van der Waals surface area contributed by atoms with E-state index in [1.54, 1.807) is 23.5 Å². The van der Waals surface area contributed by atoms with Crippen molar-refractivity contribution in [1.29, 1.82) is 0 Å². The maximum absolute atomic E-state index is 14.3. The fourth-order valence-corrected chi connectivity index (χ4v) is 10.1. The van der Waals surface area contributed by atoms with Crippen molar-refractivity contribution in [2.45, 2.75) is 77.0 Å². The van der Waals surface area contributed by atoms with E-state index < -0.39 is 18.1 Å². The molecule has 322 valence electrons. The molecular weight excluding hydrogens is 807 g/mol. The molecular formula is C46H51N9O6S. The highest BCUT2D eigenvalue weighted by molar-refractivity contribution is 7.13. The van der Waals surface area contributed by atoms with Crippen molar-refractivity contribution in [1.82, 2.24) is 40.4 Å². The lowest BCUT2D eigenvalue weighted by molar-refractivity contribution is -0.141. The highest BCUT2D eigenvalue weighted by Gasteiger charge is 2.44. The van der Waals surface area contributed by atoms with Crippen LogP contribution in [0.5, 0.6) is 5.75 Å². The summed E-state index contributed by atoms with van der Waals surface area (Å²) < 4.78 is 5.86. The number of likely N-dealkylation sites (tertiary alicyclic amines) is 2. The average molecular weight is 858 g/mol. The number of para-hydroxylation sites is 1. The Balaban J connectivity index is 0.794.